The van der Waals surface area contributed by atoms with E-state index in [1.54, 1.807) is 11.8 Å². The van der Waals surface area contributed by atoms with Crippen LogP contribution >= 0.6 is 11.8 Å². The van der Waals surface area contributed by atoms with Gasteiger partial charge in [-0.05, 0) is 56.4 Å². The third-order valence-corrected chi connectivity index (χ3v) is 3.76. The summed E-state index contributed by atoms with van der Waals surface area (Å²) in [7, 11) is 0. The number of thioether (sulfide) groups is 1. The van der Waals surface area contributed by atoms with Crippen molar-refractivity contribution < 1.29 is 9.53 Å². The molecule has 1 aromatic carbocycles. The highest BCUT2D eigenvalue weighted by atomic mass is 32.2. The Bertz CT molecular complexity index is 413. The molecule has 0 saturated heterocycles. The van der Waals surface area contributed by atoms with Crippen molar-refractivity contribution in [2.75, 3.05) is 5.75 Å². The Morgan fingerprint density at radius 3 is 2.88 bits per heavy atom. The summed E-state index contributed by atoms with van der Waals surface area (Å²) in [6.45, 7) is 3.75. The quantitative estimate of drug-likeness (QED) is 0.606. The third-order valence-electron chi connectivity index (χ3n) is 2.79. The van der Waals surface area contributed by atoms with E-state index in [1.165, 1.54) is 35.3 Å². The lowest BCUT2D eigenvalue weighted by Crippen LogP contribution is -2.13. The number of fused-ring (bicyclic) bond motifs is 1. The molecule has 0 saturated carbocycles. The lowest BCUT2D eigenvalue weighted by molar-refractivity contribution is -0.144. The molecule has 0 unspecified atom stereocenters. The molecule has 0 fully saturated rings. The van der Waals surface area contributed by atoms with Crippen molar-refractivity contribution in [2.45, 2.75) is 44.1 Å². The molecule has 92 valence electrons. The summed E-state index contributed by atoms with van der Waals surface area (Å²) in [5.74, 6) is 0.266. The van der Waals surface area contributed by atoms with Gasteiger partial charge >= 0.3 is 5.97 Å². The maximum absolute atomic E-state index is 11.4. The van der Waals surface area contributed by atoms with Gasteiger partial charge in [0.15, 0.2) is 0 Å². The Kier molecular flexibility index (Phi) is 4.11. The summed E-state index contributed by atoms with van der Waals surface area (Å²) < 4.78 is 5.10. The summed E-state index contributed by atoms with van der Waals surface area (Å²) in [4.78, 5) is 12.6. The summed E-state index contributed by atoms with van der Waals surface area (Å²) in [5.41, 5.74) is 2.92. The predicted molar refractivity (Wildman–Crippen MR) is 70.4 cm³/mol. The molecular weight excluding hydrogens is 232 g/mol. The number of hydrogen-bond donors (Lipinski definition) is 0. The van der Waals surface area contributed by atoms with Crippen LogP contribution in [0.25, 0.3) is 0 Å². The Hall–Kier alpha value is -0.960. The fourth-order valence-electron chi connectivity index (χ4n) is 2.08. The van der Waals surface area contributed by atoms with Gasteiger partial charge in [-0.25, -0.2) is 0 Å². The first kappa shape index (κ1) is 12.5. The second-order valence-electron chi connectivity index (χ2n) is 4.61. The Labute approximate surface area is 107 Å². The number of ether oxygens (including phenoxy) is 1. The average Bonchev–Trinajstić information content (AvgIpc) is 2.72. The molecule has 1 aromatic rings. The molecule has 0 spiro atoms. The van der Waals surface area contributed by atoms with Crippen LogP contribution < -0.4 is 0 Å². The van der Waals surface area contributed by atoms with E-state index in [-0.39, 0.29) is 12.1 Å². The highest BCUT2D eigenvalue weighted by Gasteiger charge is 2.12. The molecule has 2 nitrogen and oxygen atoms in total. The minimum atomic E-state index is -0.134. The van der Waals surface area contributed by atoms with Crippen molar-refractivity contribution in [3.05, 3.63) is 29.3 Å². The van der Waals surface area contributed by atoms with Gasteiger partial charge in [-0.2, -0.15) is 0 Å². The van der Waals surface area contributed by atoms with Gasteiger partial charge in [0.2, 0.25) is 0 Å². The average molecular weight is 250 g/mol. The first-order valence-corrected chi connectivity index (χ1v) is 7.08. The molecule has 17 heavy (non-hydrogen) atoms. The first-order valence-electron chi connectivity index (χ1n) is 6.09. The Morgan fingerprint density at radius 2 is 2.12 bits per heavy atom. The van der Waals surface area contributed by atoms with E-state index >= 15 is 0 Å². The van der Waals surface area contributed by atoms with Crippen LogP contribution in [0.15, 0.2) is 23.1 Å². The maximum Gasteiger partial charge on any atom is 0.316 e. The lowest BCUT2D eigenvalue weighted by atomic mass is 10.1. The molecule has 0 aliphatic heterocycles. The standard InChI is InChI=1S/C14H18O2S/c1-10(2)16-14(15)9-17-13-7-6-11-4-3-5-12(11)8-13/h6-8,10H,3-5,9H2,1-2H3. The van der Waals surface area contributed by atoms with Crippen molar-refractivity contribution in [1.29, 1.82) is 0 Å². The Morgan fingerprint density at radius 1 is 1.35 bits per heavy atom. The van der Waals surface area contributed by atoms with Gasteiger partial charge in [-0.15, -0.1) is 11.8 Å². The molecule has 1 aliphatic carbocycles. The minimum absolute atomic E-state index is 0.0249. The fraction of sp³-hybridized carbons (Fsp3) is 0.500. The molecule has 0 N–H and O–H groups in total. The van der Waals surface area contributed by atoms with Crippen LogP contribution in [0.2, 0.25) is 0 Å². The molecule has 0 bridgehead atoms. The predicted octanol–water partition coefficient (Wildman–Crippen LogP) is 3.22. The van der Waals surface area contributed by atoms with Crippen LogP contribution in [0.4, 0.5) is 0 Å². The first-order chi connectivity index (χ1) is 8.15. The zero-order valence-corrected chi connectivity index (χ0v) is 11.2. The maximum atomic E-state index is 11.4. The summed E-state index contributed by atoms with van der Waals surface area (Å²) in [6.07, 6.45) is 3.62. The molecule has 1 aliphatic rings. The zero-order valence-electron chi connectivity index (χ0n) is 10.4. The van der Waals surface area contributed by atoms with E-state index in [9.17, 15) is 4.79 Å². The molecule has 0 radical (unpaired) electrons. The van der Waals surface area contributed by atoms with Gasteiger partial charge in [0, 0.05) is 4.90 Å². The summed E-state index contributed by atoms with van der Waals surface area (Å²) in [5, 5.41) is 0. The van der Waals surface area contributed by atoms with Crippen LogP contribution in [0.3, 0.4) is 0 Å². The van der Waals surface area contributed by atoms with Crippen LogP contribution in [0.5, 0.6) is 0 Å². The molecule has 0 aromatic heterocycles. The van der Waals surface area contributed by atoms with E-state index in [1.807, 2.05) is 13.8 Å². The summed E-state index contributed by atoms with van der Waals surface area (Å²) in [6, 6.07) is 6.52. The Balaban J connectivity index is 1.89. The molecule has 2 rings (SSSR count). The zero-order chi connectivity index (χ0) is 12.3. The SMILES string of the molecule is CC(C)OC(=O)CSc1ccc2c(c1)CCC2. The van der Waals surface area contributed by atoms with Gasteiger partial charge in [0.1, 0.15) is 0 Å². The second-order valence-corrected chi connectivity index (χ2v) is 5.66. The largest absolute Gasteiger partial charge is 0.462 e. The number of esters is 1. The highest BCUT2D eigenvalue weighted by molar-refractivity contribution is 8.00. The van der Waals surface area contributed by atoms with Crippen LogP contribution in [0, 0.1) is 0 Å². The van der Waals surface area contributed by atoms with Crippen molar-refractivity contribution in [3.63, 3.8) is 0 Å². The summed E-state index contributed by atoms with van der Waals surface area (Å²) >= 11 is 1.56. The molecule has 0 atom stereocenters. The molecular formula is C14H18O2S. The van der Waals surface area contributed by atoms with E-state index in [0.29, 0.717) is 5.75 Å². The lowest BCUT2D eigenvalue weighted by Gasteiger charge is -2.08. The molecule has 0 amide bonds. The van der Waals surface area contributed by atoms with Crippen molar-refractivity contribution in [3.8, 4) is 0 Å². The molecule has 0 heterocycles. The normalized spacial score (nSPS) is 13.8. The minimum Gasteiger partial charge on any atom is -0.462 e. The number of rotatable bonds is 4. The van der Waals surface area contributed by atoms with Gasteiger partial charge in [-0.3, -0.25) is 4.79 Å². The van der Waals surface area contributed by atoms with Crippen LogP contribution in [-0.2, 0) is 22.4 Å². The van der Waals surface area contributed by atoms with Gasteiger partial charge in [-0.1, -0.05) is 6.07 Å². The third kappa shape index (κ3) is 3.50. The van der Waals surface area contributed by atoms with Crippen molar-refractivity contribution >= 4 is 17.7 Å². The van der Waals surface area contributed by atoms with Crippen molar-refractivity contribution in [1.82, 2.24) is 0 Å². The topological polar surface area (TPSA) is 26.3 Å². The van der Waals surface area contributed by atoms with Gasteiger partial charge in [0.25, 0.3) is 0 Å². The smallest absolute Gasteiger partial charge is 0.316 e. The van der Waals surface area contributed by atoms with Gasteiger partial charge < -0.3 is 4.74 Å². The second kappa shape index (κ2) is 5.58. The molecule has 3 heteroatoms. The number of benzene rings is 1. The van der Waals surface area contributed by atoms with E-state index in [4.69, 9.17) is 4.74 Å². The fourth-order valence-corrected chi connectivity index (χ4v) is 2.82. The highest BCUT2D eigenvalue weighted by Crippen LogP contribution is 2.27. The van der Waals surface area contributed by atoms with E-state index in [2.05, 4.69) is 18.2 Å². The number of hydrogen-bond acceptors (Lipinski definition) is 3. The van der Waals surface area contributed by atoms with Gasteiger partial charge in [0.05, 0.1) is 11.9 Å². The van der Waals surface area contributed by atoms with Crippen molar-refractivity contribution in [2.24, 2.45) is 0 Å². The number of aryl methyl sites for hydroxylation is 2. The number of carbonyl (C=O) groups excluding carboxylic acids is 1. The van der Waals surface area contributed by atoms with E-state index in [0.717, 1.165) is 0 Å². The van der Waals surface area contributed by atoms with Crippen LogP contribution in [-0.4, -0.2) is 17.8 Å². The van der Waals surface area contributed by atoms with E-state index < -0.39 is 0 Å². The van der Waals surface area contributed by atoms with Crippen LogP contribution in [0.1, 0.15) is 31.4 Å². The number of carbonyl (C=O) groups is 1. The monoisotopic (exact) mass is 250 g/mol.